The maximum absolute atomic E-state index is 2.14. The van der Waals surface area contributed by atoms with Crippen LogP contribution in [0.5, 0.6) is 0 Å². The monoisotopic (exact) mass is 267 g/mol. The van der Waals surface area contributed by atoms with E-state index in [1.54, 1.807) is 0 Å². The molecule has 0 spiro atoms. The standard InChI is InChI=1S/C17H14N.ClH/c1-2-7-15(8-3-1)12-14-18-13-6-10-16-9-4-5-11-17(16)18;/h1-14H;1H/q+1;/p-1/b14-12+;. The van der Waals surface area contributed by atoms with Crippen LogP contribution in [0.3, 0.4) is 0 Å². The third kappa shape index (κ3) is 3.01. The molecule has 94 valence electrons. The molecule has 0 fully saturated rings. The lowest BCUT2D eigenvalue weighted by Crippen LogP contribution is -3.00. The van der Waals surface area contributed by atoms with Crippen molar-refractivity contribution in [1.82, 2.24) is 0 Å². The first-order valence-corrected chi connectivity index (χ1v) is 6.06. The van der Waals surface area contributed by atoms with E-state index in [2.05, 4.69) is 71.6 Å². The molecular weight excluding hydrogens is 254 g/mol. The summed E-state index contributed by atoms with van der Waals surface area (Å²) in [5.74, 6) is 0. The molecule has 0 radical (unpaired) electrons. The van der Waals surface area contributed by atoms with Gasteiger partial charge in [-0.3, -0.25) is 0 Å². The second-order valence-electron chi connectivity index (χ2n) is 4.20. The summed E-state index contributed by atoms with van der Waals surface area (Å²) in [4.78, 5) is 0. The predicted octanol–water partition coefficient (Wildman–Crippen LogP) is 0.759. The van der Waals surface area contributed by atoms with Gasteiger partial charge in [-0.25, -0.2) is 0 Å². The second kappa shape index (κ2) is 6.17. The molecule has 0 bridgehead atoms. The van der Waals surface area contributed by atoms with Crippen molar-refractivity contribution in [2.75, 3.05) is 0 Å². The number of aromatic nitrogens is 1. The van der Waals surface area contributed by atoms with Crippen LogP contribution in [-0.2, 0) is 0 Å². The zero-order valence-electron chi connectivity index (χ0n) is 10.4. The van der Waals surface area contributed by atoms with Crippen molar-refractivity contribution >= 4 is 23.2 Å². The highest BCUT2D eigenvalue weighted by atomic mass is 35.5. The zero-order valence-corrected chi connectivity index (χ0v) is 11.2. The van der Waals surface area contributed by atoms with Gasteiger partial charge in [0.2, 0.25) is 5.52 Å². The van der Waals surface area contributed by atoms with Gasteiger partial charge in [0.25, 0.3) is 0 Å². The SMILES string of the molecule is C(=C\[n+]1cccc2ccccc21)/c1ccccc1.[Cl-]. The minimum atomic E-state index is 0. The zero-order chi connectivity index (χ0) is 12.2. The summed E-state index contributed by atoms with van der Waals surface area (Å²) in [6, 6.07) is 22.9. The lowest BCUT2D eigenvalue weighted by atomic mass is 10.2. The molecule has 3 aromatic rings. The summed E-state index contributed by atoms with van der Waals surface area (Å²) in [5, 5.41) is 1.25. The maximum Gasteiger partial charge on any atom is 0.217 e. The van der Waals surface area contributed by atoms with E-state index in [1.807, 2.05) is 18.2 Å². The number of pyridine rings is 1. The number of para-hydroxylation sites is 1. The van der Waals surface area contributed by atoms with Crippen LogP contribution in [0.4, 0.5) is 0 Å². The highest BCUT2D eigenvalue weighted by molar-refractivity contribution is 5.76. The first-order chi connectivity index (χ1) is 8.93. The van der Waals surface area contributed by atoms with Gasteiger partial charge in [0.05, 0.1) is 0 Å². The molecule has 0 saturated heterocycles. The summed E-state index contributed by atoms with van der Waals surface area (Å²) in [6.45, 7) is 0. The average Bonchev–Trinajstić information content (AvgIpc) is 2.46. The van der Waals surface area contributed by atoms with E-state index in [4.69, 9.17) is 0 Å². The summed E-state index contributed by atoms with van der Waals surface area (Å²) in [7, 11) is 0. The van der Waals surface area contributed by atoms with E-state index in [0.29, 0.717) is 0 Å². The quantitative estimate of drug-likeness (QED) is 0.604. The molecule has 19 heavy (non-hydrogen) atoms. The summed E-state index contributed by atoms with van der Waals surface area (Å²) in [6.07, 6.45) is 6.28. The van der Waals surface area contributed by atoms with Gasteiger partial charge in [0.1, 0.15) is 0 Å². The van der Waals surface area contributed by atoms with Crippen LogP contribution in [0.15, 0.2) is 72.9 Å². The molecular formula is C17H14ClN. The maximum atomic E-state index is 2.14. The summed E-state index contributed by atoms with van der Waals surface area (Å²) >= 11 is 0. The van der Waals surface area contributed by atoms with Crippen LogP contribution in [0.2, 0.25) is 0 Å². The lowest BCUT2D eigenvalue weighted by molar-refractivity contribution is -0.538. The Kier molecular flexibility index (Phi) is 4.32. The Morgan fingerprint density at radius 2 is 1.42 bits per heavy atom. The van der Waals surface area contributed by atoms with Crippen LogP contribution in [-0.4, -0.2) is 0 Å². The fourth-order valence-electron chi connectivity index (χ4n) is 2.04. The van der Waals surface area contributed by atoms with Crippen molar-refractivity contribution in [2.45, 2.75) is 0 Å². The minimum Gasteiger partial charge on any atom is -1.00 e. The first kappa shape index (κ1) is 13.3. The fraction of sp³-hybridized carbons (Fsp3) is 0. The van der Waals surface area contributed by atoms with Gasteiger partial charge in [0, 0.05) is 23.6 Å². The van der Waals surface area contributed by atoms with Crippen LogP contribution in [0, 0.1) is 0 Å². The van der Waals surface area contributed by atoms with Gasteiger partial charge in [0.15, 0.2) is 12.4 Å². The Hall–Kier alpha value is -2.12. The van der Waals surface area contributed by atoms with Gasteiger partial charge in [-0.15, -0.1) is 0 Å². The van der Waals surface area contributed by atoms with Gasteiger partial charge in [-0.1, -0.05) is 42.5 Å². The number of halogens is 1. The highest BCUT2D eigenvalue weighted by Gasteiger charge is 2.03. The molecule has 0 aliphatic rings. The molecule has 0 aliphatic heterocycles. The number of hydrogen-bond acceptors (Lipinski definition) is 0. The Labute approximate surface area is 119 Å². The van der Waals surface area contributed by atoms with E-state index < -0.39 is 0 Å². The minimum absolute atomic E-state index is 0. The molecule has 3 rings (SSSR count). The van der Waals surface area contributed by atoms with Gasteiger partial charge in [-0.05, 0) is 17.7 Å². The second-order valence-corrected chi connectivity index (χ2v) is 4.20. The van der Waals surface area contributed by atoms with Gasteiger partial charge in [-0.2, -0.15) is 4.57 Å². The molecule has 0 unspecified atom stereocenters. The number of hydrogen-bond donors (Lipinski definition) is 0. The molecule has 2 aromatic carbocycles. The number of fused-ring (bicyclic) bond motifs is 1. The molecule has 0 saturated carbocycles. The van der Waals surface area contributed by atoms with E-state index in [9.17, 15) is 0 Å². The third-order valence-electron chi connectivity index (χ3n) is 2.96. The Morgan fingerprint density at radius 3 is 2.26 bits per heavy atom. The molecule has 1 nitrogen and oxygen atoms in total. The van der Waals surface area contributed by atoms with Crippen molar-refractivity contribution in [1.29, 1.82) is 0 Å². The molecule has 1 aromatic heterocycles. The average molecular weight is 268 g/mol. The van der Waals surface area contributed by atoms with Crippen LogP contribution in [0.25, 0.3) is 23.2 Å². The van der Waals surface area contributed by atoms with Crippen molar-refractivity contribution in [2.24, 2.45) is 0 Å². The number of nitrogens with zero attached hydrogens (tertiary/aromatic N) is 1. The van der Waals surface area contributed by atoms with Crippen LogP contribution in [0.1, 0.15) is 5.56 Å². The smallest absolute Gasteiger partial charge is 0.217 e. The van der Waals surface area contributed by atoms with Crippen molar-refractivity contribution < 1.29 is 17.0 Å². The molecule has 0 aliphatic carbocycles. The molecule has 2 heteroatoms. The molecule has 0 N–H and O–H groups in total. The Bertz CT molecular complexity index is 684. The highest BCUT2D eigenvalue weighted by Crippen LogP contribution is 2.08. The van der Waals surface area contributed by atoms with Crippen molar-refractivity contribution in [3.8, 4) is 0 Å². The van der Waals surface area contributed by atoms with Crippen molar-refractivity contribution in [3.63, 3.8) is 0 Å². The number of rotatable bonds is 2. The predicted molar refractivity (Wildman–Crippen MR) is 75.8 cm³/mol. The van der Waals surface area contributed by atoms with Gasteiger partial charge < -0.3 is 12.4 Å². The van der Waals surface area contributed by atoms with Gasteiger partial charge >= 0.3 is 0 Å². The summed E-state index contributed by atoms with van der Waals surface area (Å²) < 4.78 is 2.14. The van der Waals surface area contributed by atoms with Crippen LogP contribution < -0.4 is 17.0 Å². The first-order valence-electron chi connectivity index (χ1n) is 6.06. The third-order valence-corrected chi connectivity index (χ3v) is 2.96. The fourth-order valence-corrected chi connectivity index (χ4v) is 2.04. The largest absolute Gasteiger partial charge is 1.00 e. The van der Waals surface area contributed by atoms with E-state index >= 15 is 0 Å². The molecule has 1 heterocycles. The number of benzene rings is 2. The van der Waals surface area contributed by atoms with Crippen LogP contribution >= 0.6 is 0 Å². The Morgan fingerprint density at radius 1 is 0.737 bits per heavy atom. The molecule has 0 amide bonds. The topological polar surface area (TPSA) is 3.88 Å². The summed E-state index contributed by atoms with van der Waals surface area (Å²) in [5.41, 5.74) is 2.42. The molecule has 0 atom stereocenters. The van der Waals surface area contributed by atoms with E-state index in [1.165, 1.54) is 16.5 Å². The van der Waals surface area contributed by atoms with E-state index in [0.717, 1.165) is 0 Å². The van der Waals surface area contributed by atoms with E-state index in [-0.39, 0.29) is 12.4 Å². The normalized spacial score (nSPS) is 10.5. The Balaban J connectivity index is 0.00000133. The van der Waals surface area contributed by atoms with Crippen molar-refractivity contribution in [3.05, 3.63) is 78.5 Å². The lowest BCUT2D eigenvalue weighted by Gasteiger charge is -1.95.